The van der Waals surface area contributed by atoms with E-state index in [1.54, 1.807) is 13.0 Å². The highest BCUT2D eigenvalue weighted by Gasteiger charge is 2.34. The molecule has 0 fully saturated rings. The molecule has 2 rings (SSSR count). The highest BCUT2D eigenvalue weighted by molar-refractivity contribution is 5.86. The van der Waals surface area contributed by atoms with Gasteiger partial charge in [0.05, 0.1) is 5.56 Å². The largest absolute Gasteiger partial charge is 0.445 e. The number of aryl methyl sites for hydroxylation is 1. The van der Waals surface area contributed by atoms with Gasteiger partial charge in [-0.05, 0) is 13.0 Å². The summed E-state index contributed by atoms with van der Waals surface area (Å²) in [5.74, 6) is -0.0771. The third-order valence-corrected chi connectivity index (χ3v) is 2.37. The molecule has 0 atom stereocenters. The molecule has 0 aliphatic rings. The minimum Gasteiger partial charge on any atom is -0.445 e. The van der Waals surface area contributed by atoms with Crippen LogP contribution in [0.2, 0.25) is 0 Å². The first kappa shape index (κ1) is 10.6. The minimum atomic E-state index is -4.48. The van der Waals surface area contributed by atoms with Crippen LogP contribution >= 0.6 is 0 Å². The predicted molar refractivity (Wildman–Crippen MR) is 50.7 cm³/mol. The summed E-state index contributed by atoms with van der Waals surface area (Å²) in [5, 5.41) is 9.01. The van der Waals surface area contributed by atoms with Gasteiger partial charge in [0.15, 0.2) is 0 Å². The van der Waals surface area contributed by atoms with Gasteiger partial charge in [-0.1, -0.05) is 12.1 Å². The minimum absolute atomic E-state index is 0.0771. The molecule has 0 unspecified atom stereocenters. The monoisotopic (exact) mass is 225 g/mol. The predicted octanol–water partition coefficient (Wildman–Crippen LogP) is 3.63. The van der Waals surface area contributed by atoms with E-state index in [1.165, 1.54) is 12.1 Å². The Kier molecular flexibility index (Phi) is 2.16. The van der Waals surface area contributed by atoms with Crippen LogP contribution in [0, 0.1) is 18.3 Å². The Bertz CT molecular complexity index is 590. The van der Waals surface area contributed by atoms with Crippen LogP contribution in [0.25, 0.3) is 11.0 Å². The zero-order valence-corrected chi connectivity index (χ0v) is 8.22. The molecule has 0 aliphatic heterocycles. The molecule has 2 nitrogen and oxygen atoms in total. The summed E-state index contributed by atoms with van der Waals surface area (Å²) in [6.07, 6.45) is -4.48. The average molecular weight is 225 g/mol. The number of para-hydroxylation sites is 1. The lowest BCUT2D eigenvalue weighted by Crippen LogP contribution is -2.04. The van der Waals surface area contributed by atoms with Gasteiger partial charge in [-0.2, -0.15) is 18.4 Å². The van der Waals surface area contributed by atoms with E-state index in [4.69, 9.17) is 9.68 Å². The smallest absolute Gasteiger partial charge is 0.420 e. The van der Waals surface area contributed by atoms with Crippen molar-refractivity contribution in [3.8, 4) is 6.07 Å². The van der Waals surface area contributed by atoms with Crippen molar-refractivity contribution in [2.45, 2.75) is 13.1 Å². The Hall–Kier alpha value is -1.96. The van der Waals surface area contributed by atoms with Gasteiger partial charge in [0.25, 0.3) is 0 Å². The summed E-state index contributed by atoms with van der Waals surface area (Å²) in [7, 11) is 0. The number of hydrogen-bond donors (Lipinski definition) is 0. The van der Waals surface area contributed by atoms with E-state index >= 15 is 0 Å². The highest BCUT2D eigenvalue weighted by Crippen LogP contribution is 2.37. The Morgan fingerprint density at radius 1 is 1.31 bits per heavy atom. The van der Waals surface area contributed by atoms with Crippen molar-refractivity contribution in [1.82, 2.24) is 0 Å². The zero-order chi connectivity index (χ0) is 11.9. The van der Waals surface area contributed by atoms with E-state index in [-0.39, 0.29) is 11.3 Å². The van der Waals surface area contributed by atoms with E-state index in [0.29, 0.717) is 10.9 Å². The quantitative estimate of drug-likeness (QED) is 0.686. The molecule has 0 bridgehead atoms. The molecule has 1 aromatic heterocycles. The molecule has 0 radical (unpaired) electrons. The third-order valence-electron chi connectivity index (χ3n) is 2.37. The summed E-state index contributed by atoms with van der Waals surface area (Å²) < 4.78 is 42.8. The lowest BCUT2D eigenvalue weighted by molar-refractivity contribution is -0.136. The molecular formula is C11H6F3NO. The molecule has 16 heavy (non-hydrogen) atoms. The number of nitriles is 1. The van der Waals surface area contributed by atoms with Crippen molar-refractivity contribution in [3.63, 3.8) is 0 Å². The summed E-state index contributed by atoms with van der Waals surface area (Å²) in [6.45, 7) is 1.56. The first-order chi connectivity index (χ1) is 7.45. The first-order valence-electron chi connectivity index (χ1n) is 4.44. The number of benzene rings is 1. The van der Waals surface area contributed by atoms with Gasteiger partial charge in [0, 0.05) is 10.9 Å². The zero-order valence-electron chi connectivity index (χ0n) is 8.22. The number of nitrogens with zero attached hydrogens (tertiary/aromatic N) is 1. The van der Waals surface area contributed by atoms with Crippen molar-refractivity contribution in [1.29, 1.82) is 5.26 Å². The van der Waals surface area contributed by atoms with Gasteiger partial charge >= 0.3 is 6.18 Å². The molecule has 5 heteroatoms. The van der Waals surface area contributed by atoms with Gasteiger partial charge in [-0.15, -0.1) is 0 Å². The fourth-order valence-corrected chi connectivity index (χ4v) is 1.57. The van der Waals surface area contributed by atoms with Gasteiger partial charge in [0.2, 0.25) is 5.76 Å². The van der Waals surface area contributed by atoms with Crippen LogP contribution < -0.4 is 0 Å². The van der Waals surface area contributed by atoms with Gasteiger partial charge < -0.3 is 4.42 Å². The second kappa shape index (κ2) is 3.27. The van der Waals surface area contributed by atoms with Crippen LogP contribution in [0.5, 0.6) is 0 Å². The van der Waals surface area contributed by atoms with Crippen LogP contribution in [0.15, 0.2) is 22.6 Å². The number of halogens is 3. The number of alkyl halides is 3. The van der Waals surface area contributed by atoms with Crippen LogP contribution in [0.1, 0.15) is 16.9 Å². The Labute approximate surface area is 88.9 Å². The molecule has 0 aliphatic carbocycles. The third kappa shape index (κ3) is 1.43. The summed E-state index contributed by atoms with van der Waals surface area (Å²) in [6, 6.07) is 5.47. The van der Waals surface area contributed by atoms with Crippen LogP contribution in [-0.2, 0) is 6.18 Å². The standard InChI is InChI=1S/C11H6F3NO/c1-6-7-3-2-4-8(11(12,13)14)10(7)16-9(6)5-15/h2-4H,1H3. The van der Waals surface area contributed by atoms with Crippen molar-refractivity contribution >= 4 is 11.0 Å². The lowest BCUT2D eigenvalue weighted by atomic mass is 10.1. The summed E-state index contributed by atoms with van der Waals surface area (Å²) in [5.41, 5.74) is -0.692. The molecule has 1 aromatic carbocycles. The molecular weight excluding hydrogens is 219 g/mol. The second-order valence-electron chi connectivity index (χ2n) is 3.35. The molecule has 1 heterocycles. The van der Waals surface area contributed by atoms with Crippen molar-refractivity contribution in [3.05, 3.63) is 35.1 Å². The SMILES string of the molecule is Cc1c(C#N)oc2c(C(F)(F)F)cccc12. The highest BCUT2D eigenvalue weighted by atomic mass is 19.4. The Morgan fingerprint density at radius 2 is 2.00 bits per heavy atom. The van der Waals surface area contributed by atoms with Crippen LogP contribution in [0.3, 0.4) is 0 Å². The number of fused-ring (bicyclic) bond motifs is 1. The molecule has 0 saturated carbocycles. The molecule has 0 amide bonds. The van der Waals surface area contributed by atoms with Gasteiger partial charge in [-0.25, -0.2) is 0 Å². The van der Waals surface area contributed by atoms with E-state index in [9.17, 15) is 13.2 Å². The molecule has 0 N–H and O–H groups in total. The lowest BCUT2D eigenvalue weighted by Gasteiger charge is -2.05. The molecule has 0 saturated heterocycles. The molecule has 82 valence electrons. The van der Waals surface area contributed by atoms with Crippen molar-refractivity contribution in [2.24, 2.45) is 0 Å². The summed E-state index contributed by atoms with van der Waals surface area (Å²) in [4.78, 5) is 0. The van der Waals surface area contributed by atoms with Gasteiger partial charge in [0.1, 0.15) is 11.7 Å². The van der Waals surface area contributed by atoms with Crippen LogP contribution in [0.4, 0.5) is 13.2 Å². The fraction of sp³-hybridized carbons (Fsp3) is 0.182. The van der Waals surface area contributed by atoms with E-state index in [0.717, 1.165) is 6.07 Å². The number of furan rings is 1. The topological polar surface area (TPSA) is 36.9 Å². The second-order valence-corrected chi connectivity index (χ2v) is 3.35. The van der Waals surface area contributed by atoms with Crippen molar-refractivity contribution in [2.75, 3.05) is 0 Å². The molecule has 2 aromatic rings. The van der Waals surface area contributed by atoms with Crippen LogP contribution in [-0.4, -0.2) is 0 Å². The number of rotatable bonds is 0. The molecule has 0 spiro atoms. The van der Waals surface area contributed by atoms with Crippen molar-refractivity contribution < 1.29 is 17.6 Å². The maximum absolute atomic E-state index is 12.6. The Balaban J connectivity index is 2.85. The fourth-order valence-electron chi connectivity index (χ4n) is 1.57. The maximum Gasteiger partial charge on any atom is 0.420 e. The summed E-state index contributed by atoms with van der Waals surface area (Å²) >= 11 is 0. The van der Waals surface area contributed by atoms with Gasteiger partial charge in [-0.3, -0.25) is 0 Å². The van der Waals surface area contributed by atoms with E-state index in [1.807, 2.05) is 0 Å². The maximum atomic E-state index is 12.6. The Morgan fingerprint density at radius 3 is 2.56 bits per heavy atom. The normalized spacial score (nSPS) is 11.7. The average Bonchev–Trinajstić information content (AvgIpc) is 2.54. The number of hydrogen-bond acceptors (Lipinski definition) is 2. The van der Waals surface area contributed by atoms with E-state index < -0.39 is 11.7 Å². The first-order valence-corrected chi connectivity index (χ1v) is 4.44. The van der Waals surface area contributed by atoms with E-state index in [2.05, 4.69) is 0 Å².